The summed E-state index contributed by atoms with van der Waals surface area (Å²) in [6, 6.07) is 9.42. The summed E-state index contributed by atoms with van der Waals surface area (Å²) in [6.07, 6.45) is 3.78. The number of amides is 1. The zero-order valence-corrected chi connectivity index (χ0v) is 21.5. The van der Waals surface area contributed by atoms with Crippen molar-refractivity contribution in [1.82, 2.24) is 4.90 Å². The van der Waals surface area contributed by atoms with Crippen molar-refractivity contribution < 1.29 is 23.8 Å². The fraction of sp³-hybridized carbons (Fsp3) is 0.517. The molecule has 2 fully saturated rings. The maximum atomic E-state index is 13.7. The normalized spacial score (nSPS) is 21.3. The van der Waals surface area contributed by atoms with Crippen LogP contribution in [0, 0.1) is 11.8 Å². The number of fused-ring (bicyclic) bond motifs is 3. The second kappa shape index (κ2) is 10.2. The molecule has 1 amide bonds. The van der Waals surface area contributed by atoms with Crippen molar-refractivity contribution in [2.45, 2.75) is 59.0 Å². The maximum absolute atomic E-state index is 13.7. The van der Waals surface area contributed by atoms with E-state index >= 15 is 0 Å². The molecule has 36 heavy (non-hydrogen) atoms. The summed E-state index contributed by atoms with van der Waals surface area (Å²) in [5.41, 5.74) is 2.96. The van der Waals surface area contributed by atoms with E-state index in [1.165, 1.54) is 5.56 Å². The van der Waals surface area contributed by atoms with Crippen molar-refractivity contribution in [2.24, 2.45) is 11.8 Å². The summed E-state index contributed by atoms with van der Waals surface area (Å²) in [5, 5.41) is 11.9. The maximum Gasteiger partial charge on any atom is 0.337 e. The average molecular weight is 493 g/mol. The van der Waals surface area contributed by atoms with Gasteiger partial charge in [-0.3, -0.25) is 9.69 Å². The van der Waals surface area contributed by atoms with Crippen LogP contribution in [0.25, 0.3) is 21.9 Å². The largest absolute Gasteiger partial charge is 0.478 e. The fourth-order valence-corrected chi connectivity index (χ4v) is 5.70. The molecule has 2 aliphatic rings. The third-order valence-corrected chi connectivity index (χ3v) is 7.77. The van der Waals surface area contributed by atoms with Gasteiger partial charge >= 0.3 is 5.97 Å². The van der Waals surface area contributed by atoms with Crippen LogP contribution in [0.1, 0.15) is 62.4 Å². The molecule has 5 rings (SSSR count). The van der Waals surface area contributed by atoms with Crippen LogP contribution in [0.2, 0.25) is 0 Å². The third kappa shape index (κ3) is 4.87. The Labute approximate surface area is 212 Å². The number of carboxylic acids is 1. The monoisotopic (exact) mass is 492 g/mol. The minimum absolute atomic E-state index is 0.0274. The Morgan fingerprint density at radius 1 is 1.03 bits per heavy atom. The summed E-state index contributed by atoms with van der Waals surface area (Å²) in [5.74, 6) is -0.464. The molecule has 0 radical (unpaired) electrons. The molecule has 1 saturated carbocycles. The molecule has 0 atom stereocenters. The molecular formula is C29H36N2O5. The van der Waals surface area contributed by atoms with Crippen LogP contribution in [0.5, 0.6) is 0 Å². The summed E-state index contributed by atoms with van der Waals surface area (Å²) < 4.78 is 11.5. The van der Waals surface area contributed by atoms with E-state index < -0.39 is 5.97 Å². The van der Waals surface area contributed by atoms with Gasteiger partial charge in [-0.1, -0.05) is 13.0 Å². The first-order valence-corrected chi connectivity index (χ1v) is 13.2. The number of nitrogens with zero attached hydrogens (tertiary/aromatic N) is 2. The van der Waals surface area contributed by atoms with Gasteiger partial charge in [0, 0.05) is 42.4 Å². The standard InChI is InChI=1S/C29H36N2O5/c1-18(2)31(28(32)21-7-4-19(3)5-8-21)25-15-23-22-14-20(17-30-10-12-35-13-11-30)6-9-26(22)36-27(23)16-24(25)29(33)34/h6,9,14-16,18-19,21H,4-5,7-8,10-13,17H2,1-3H3,(H,33,34). The molecule has 7 nitrogen and oxygen atoms in total. The van der Waals surface area contributed by atoms with Crippen LogP contribution in [-0.4, -0.2) is 54.2 Å². The molecule has 0 bridgehead atoms. The minimum atomic E-state index is -1.06. The number of rotatable bonds is 6. The van der Waals surface area contributed by atoms with E-state index in [9.17, 15) is 14.7 Å². The highest BCUT2D eigenvalue weighted by Gasteiger charge is 2.33. The lowest BCUT2D eigenvalue weighted by atomic mass is 9.82. The molecule has 3 aromatic rings. The van der Waals surface area contributed by atoms with E-state index in [0.717, 1.165) is 69.3 Å². The van der Waals surface area contributed by atoms with Gasteiger partial charge in [0.25, 0.3) is 0 Å². The first-order chi connectivity index (χ1) is 17.3. The zero-order chi connectivity index (χ0) is 25.4. The highest BCUT2D eigenvalue weighted by molar-refractivity contribution is 6.12. The minimum Gasteiger partial charge on any atom is -0.478 e. The lowest BCUT2D eigenvalue weighted by molar-refractivity contribution is -0.123. The number of aromatic carboxylic acids is 1. The Balaban J connectivity index is 1.57. The molecule has 1 aliphatic heterocycles. The molecule has 1 aliphatic carbocycles. The van der Waals surface area contributed by atoms with E-state index in [1.54, 1.807) is 11.0 Å². The van der Waals surface area contributed by atoms with Gasteiger partial charge in [-0.2, -0.15) is 0 Å². The van der Waals surface area contributed by atoms with E-state index in [0.29, 0.717) is 22.8 Å². The Hall–Kier alpha value is -2.90. The second-order valence-electron chi connectivity index (χ2n) is 10.8. The molecule has 7 heteroatoms. The SMILES string of the molecule is CC1CCC(C(=O)N(c2cc3c(cc2C(=O)O)oc2ccc(CN4CCOCC4)cc23)C(C)C)CC1. The molecule has 2 heterocycles. The van der Waals surface area contributed by atoms with Crippen molar-refractivity contribution in [2.75, 3.05) is 31.2 Å². The van der Waals surface area contributed by atoms with E-state index in [-0.39, 0.29) is 23.4 Å². The van der Waals surface area contributed by atoms with Crippen LogP contribution < -0.4 is 4.90 Å². The quantitative estimate of drug-likeness (QED) is 0.476. The molecule has 2 aromatic carbocycles. The number of carboxylic acid groups (broad SMARTS) is 1. The smallest absolute Gasteiger partial charge is 0.337 e. The number of carbonyl (C=O) groups is 2. The van der Waals surface area contributed by atoms with Crippen molar-refractivity contribution >= 4 is 39.5 Å². The number of furan rings is 1. The van der Waals surface area contributed by atoms with Crippen LogP contribution in [0.15, 0.2) is 34.7 Å². The van der Waals surface area contributed by atoms with Gasteiger partial charge in [0.15, 0.2) is 0 Å². The van der Waals surface area contributed by atoms with Crippen molar-refractivity contribution in [3.05, 3.63) is 41.5 Å². The van der Waals surface area contributed by atoms with Gasteiger partial charge in [-0.05, 0) is 75.3 Å². The Morgan fingerprint density at radius 2 is 1.72 bits per heavy atom. The van der Waals surface area contributed by atoms with Gasteiger partial charge in [0.1, 0.15) is 11.2 Å². The predicted octanol–water partition coefficient (Wildman–Crippen LogP) is 5.68. The highest BCUT2D eigenvalue weighted by Crippen LogP contribution is 2.38. The molecule has 1 saturated heterocycles. The average Bonchev–Trinajstić information content (AvgIpc) is 3.21. The number of hydrogen-bond donors (Lipinski definition) is 1. The number of ether oxygens (including phenoxy) is 1. The van der Waals surface area contributed by atoms with Gasteiger partial charge in [0.05, 0.1) is 24.5 Å². The van der Waals surface area contributed by atoms with Gasteiger partial charge in [0.2, 0.25) is 5.91 Å². The molecule has 1 N–H and O–H groups in total. The van der Waals surface area contributed by atoms with Crippen LogP contribution in [0.4, 0.5) is 5.69 Å². The zero-order valence-electron chi connectivity index (χ0n) is 21.5. The summed E-state index contributed by atoms with van der Waals surface area (Å²) in [7, 11) is 0. The Bertz CT molecular complexity index is 1270. The van der Waals surface area contributed by atoms with E-state index in [1.807, 2.05) is 26.0 Å². The molecule has 1 aromatic heterocycles. The van der Waals surface area contributed by atoms with Crippen LogP contribution in [0.3, 0.4) is 0 Å². The molecule has 0 spiro atoms. The van der Waals surface area contributed by atoms with Gasteiger partial charge < -0.3 is 19.2 Å². The van der Waals surface area contributed by atoms with Crippen molar-refractivity contribution in [3.8, 4) is 0 Å². The summed E-state index contributed by atoms with van der Waals surface area (Å²) in [6.45, 7) is 10.3. The van der Waals surface area contributed by atoms with Gasteiger partial charge in [-0.25, -0.2) is 4.79 Å². The summed E-state index contributed by atoms with van der Waals surface area (Å²) in [4.78, 5) is 30.1. The van der Waals surface area contributed by atoms with Gasteiger partial charge in [-0.15, -0.1) is 0 Å². The predicted molar refractivity (Wildman–Crippen MR) is 141 cm³/mol. The van der Waals surface area contributed by atoms with Crippen LogP contribution >= 0.6 is 0 Å². The lowest BCUT2D eigenvalue weighted by Gasteiger charge is -2.34. The van der Waals surface area contributed by atoms with E-state index in [2.05, 4.69) is 24.0 Å². The topological polar surface area (TPSA) is 83.2 Å². The molecular weight excluding hydrogens is 456 g/mol. The molecule has 192 valence electrons. The van der Waals surface area contributed by atoms with Crippen LogP contribution in [-0.2, 0) is 16.1 Å². The lowest BCUT2D eigenvalue weighted by Crippen LogP contribution is -2.42. The Morgan fingerprint density at radius 3 is 2.39 bits per heavy atom. The third-order valence-electron chi connectivity index (χ3n) is 7.77. The highest BCUT2D eigenvalue weighted by atomic mass is 16.5. The summed E-state index contributed by atoms with van der Waals surface area (Å²) >= 11 is 0. The first-order valence-electron chi connectivity index (χ1n) is 13.2. The first kappa shape index (κ1) is 24.8. The van der Waals surface area contributed by atoms with E-state index in [4.69, 9.17) is 9.15 Å². The number of morpholine rings is 1. The van der Waals surface area contributed by atoms with Crippen molar-refractivity contribution in [3.63, 3.8) is 0 Å². The van der Waals surface area contributed by atoms with Crippen molar-refractivity contribution in [1.29, 1.82) is 0 Å². The molecule has 0 unspecified atom stereocenters. The second-order valence-corrected chi connectivity index (χ2v) is 10.8. The Kier molecular flexibility index (Phi) is 7.04. The number of benzene rings is 2. The number of hydrogen-bond acceptors (Lipinski definition) is 5. The fourth-order valence-electron chi connectivity index (χ4n) is 5.70. The number of carbonyl (C=O) groups excluding carboxylic acids is 1. The number of anilines is 1.